The second kappa shape index (κ2) is 6.44. The number of amides is 1. The highest BCUT2D eigenvalue weighted by Gasteiger charge is 2.13. The number of carbonyl (C=O) groups excluding carboxylic acids is 1. The van der Waals surface area contributed by atoms with Crippen LogP contribution in [0, 0.1) is 0 Å². The maximum Gasteiger partial charge on any atom is 0.228 e. The quantitative estimate of drug-likeness (QED) is 0.759. The van der Waals surface area contributed by atoms with Crippen LogP contribution in [0.15, 0.2) is 60.8 Å². The average molecular weight is 318 g/mol. The zero-order chi connectivity index (χ0) is 17.2. The highest BCUT2D eigenvalue weighted by molar-refractivity contribution is 5.95. The molecule has 0 unspecified atom stereocenters. The van der Waals surface area contributed by atoms with Gasteiger partial charge in [0.05, 0.1) is 11.9 Å². The minimum absolute atomic E-state index is 0.0309. The lowest BCUT2D eigenvalue weighted by Gasteiger charge is -2.19. The molecule has 3 nitrogen and oxygen atoms in total. The molecule has 1 N–H and O–H groups in total. The fourth-order valence-corrected chi connectivity index (χ4v) is 2.74. The third-order valence-corrected chi connectivity index (χ3v) is 4.10. The van der Waals surface area contributed by atoms with Crippen LogP contribution in [-0.4, -0.2) is 10.9 Å². The first-order valence-electron chi connectivity index (χ1n) is 8.16. The summed E-state index contributed by atoms with van der Waals surface area (Å²) >= 11 is 0. The Morgan fingerprint density at radius 3 is 2.42 bits per heavy atom. The number of aromatic nitrogens is 1. The molecule has 0 aliphatic rings. The third kappa shape index (κ3) is 3.62. The van der Waals surface area contributed by atoms with E-state index in [9.17, 15) is 4.79 Å². The molecule has 0 aliphatic carbocycles. The van der Waals surface area contributed by atoms with Crippen LogP contribution in [0.4, 0.5) is 5.69 Å². The Kier molecular flexibility index (Phi) is 4.34. The van der Waals surface area contributed by atoms with Gasteiger partial charge in [0.25, 0.3) is 0 Å². The SMILES string of the molecule is CC(C)(C)c1ccc(NC(=O)Cc2cccc3cccnc23)cc1. The Hall–Kier alpha value is -2.68. The number of hydrogen-bond acceptors (Lipinski definition) is 2. The van der Waals surface area contributed by atoms with Crippen molar-refractivity contribution in [3.8, 4) is 0 Å². The van der Waals surface area contributed by atoms with Gasteiger partial charge in [-0.2, -0.15) is 0 Å². The average Bonchev–Trinajstić information content (AvgIpc) is 2.55. The summed E-state index contributed by atoms with van der Waals surface area (Å²) in [6, 6.07) is 17.9. The van der Waals surface area contributed by atoms with Crippen molar-refractivity contribution in [1.29, 1.82) is 0 Å². The molecule has 0 radical (unpaired) electrons. The fourth-order valence-electron chi connectivity index (χ4n) is 2.74. The first-order valence-corrected chi connectivity index (χ1v) is 8.16. The van der Waals surface area contributed by atoms with Gasteiger partial charge in [0.1, 0.15) is 0 Å². The maximum absolute atomic E-state index is 12.4. The van der Waals surface area contributed by atoms with Crippen molar-refractivity contribution in [3.63, 3.8) is 0 Å². The van der Waals surface area contributed by atoms with Gasteiger partial charge in [-0.25, -0.2) is 0 Å². The Bertz CT molecular complexity index is 856. The van der Waals surface area contributed by atoms with Crippen LogP contribution in [0.5, 0.6) is 0 Å². The molecule has 1 aromatic heterocycles. The van der Waals surface area contributed by atoms with E-state index in [4.69, 9.17) is 0 Å². The Morgan fingerprint density at radius 2 is 1.71 bits per heavy atom. The van der Waals surface area contributed by atoms with E-state index in [0.29, 0.717) is 6.42 Å². The number of rotatable bonds is 3. The summed E-state index contributed by atoms with van der Waals surface area (Å²) in [4.78, 5) is 16.8. The van der Waals surface area contributed by atoms with Crippen molar-refractivity contribution < 1.29 is 4.79 Å². The number of nitrogens with one attached hydrogen (secondary N) is 1. The number of fused-ring (bicyclic) bond motifs is 1. The van der Waals surface area contributed by atoms with Crippen molar-refractivity contribution in [3.05, 3.63) is 71.9 Å². The molecule has 0 atom stereocenters. The molecule has 3 heteroatoms. The summed E-state index contributed by atoms with van der Waals surface area (Å²) in [5, 5.41) is 4.02. The van der Waals surface area contributed by atoms with E-state index in [-0.39, 0.29) is 11.3 Å². The first-order chi connectivity index (χ1) is 11.4. The van der Waals surface area contributed by atoms with Gasteiger partial charge in [-0.05, 0) is 34.7 Å². The van der Waals surface area contributed by atoms with E-state index in [1.807, 2.05) is 42.5 Å². The van der Waals surface area contributed by atoms with Crippen molar-refractivity contribution >= 4 is 22.5 Å². The molecule has 0 bridgehead atoms. The van der Waals surface area contributed by atoms with Gasteiger partial charge >= 0.3 is 0 Å². The van der Waals surface area contributed by atoms with Gasteiger partial charge in [-0.1, -0.05) is 57.2 Å². The predicted octanol–water partition coefficient (Wildman–Crippen LogP) is 4.71. The van der Waals surface area contributed by atoms with Crippen molar-refractivity contribution in [2.24, 2.45) is 0 Å². The lowest BCUT2D eigenvalue weighted by atomic mass is 9.87. The molecule has 24 heavy (non-hydrogen) atoms. The maximum atomic E-state index is 12.4. The van der Waals surface area contributed by atoms with Gasteiger partial charge in [0.15, 0.2) is 0 Å². The number of carbonyl (C=O) groups is 1. The molecule has 0 saturated heterocycles. The number of benzene rings is 2. The van der Waals surface area contributed by atoms with Crippen LogP contribution in [0.3, 0.4) is 0 Å². The van der Waals surface area contributed by atoms with E-state index in [1.54, 1.807) is 6.20 Å². The predicted molar refractivity (Wildman–Crippen MR) is 99.2 cm³/mol. The number of pyridine rings is 1. The summed E-state index contributed by atoms with van der Waals surface area (Å²) in [7, 11) is 0. The van der Waals surface area contributed by atoms with Crippen LogP contribution >= 0.6 is 0 Å². The summed E-state index contributed by atoms with van der Waals surface area (Å²) in [5.41, 5.74) is 4.01. The molecule has 3 rings (SSSR count). The van der Waals surface area contributed by atoms with Crippen molar-refractivity contribution in [2.75, 3.05) is 5.32 Å². The van der Waals surface area contributed by atoms with Crippen molar-refractivity contribution in [2.45, 2.75) is 32.6 Å². The fraction of sp³-hybridized carbons (Fsp3) is 0.238. The van der Waals surface area contributed by atoms with E-state index in [1.165, 1.54) is 5.56 Å². The van der Waals surface area contributed by atoms with E-state index >= 15 is 0 Å². The minimum Gasteiger partial charge on any atom is -0.326 e. The number of anilines is 1. The minimum atomic E-state index is -0.0309. The third-order valence-electron chi connectivity index (χ3n) is 4.10. The second-order valence-corrected chi connectivity index (χ2v) is 7.04. The van der Waals surface area contributed by atoms with Crippen LogP contribution < -0.4 is 5.32 Å². The van der Waals surface area contributed by atoms with Gasteiger partial charge in [-0.15, -0.1) is 0 Å². The van der Waals surface area contributed by atoms with Crippen LogP contribution in [0.25, 0.3) is 10.9 Å². The zero-order valence-corrected chi connectivity index (χ0v) is 14.3. The lowest BCUT2D eigenvalue weighted by Crippen LogP contribution is -2.15. The molecule has 0 aliphatic heterocycles. The second-order valence-electron chi connectivity index (χ2n) is 7.04. The Morgan fingerprint density at radius 1 is 1.00 bits per heavy atom. The summed E-state index contributed by atoms with van der Waals surface area (Å²) < 4.78 is 0. The van der Waals surface area contributed by atoms with Gasteiger partial charge in [0.2, 0.25) is 5.91 Å². The van der Waals surface area contributed by atoms with E-state index < -0.39 is 0 Å². The molecule has 122 valence electrons. The monoisotopic (exact) mass is 318 g/mol. The Balaban J connectivity index is 1.73. The Labute approximate surface area is 142 Å². The van der Waals surface area contributed by atoms with Gasteiger partial charge < -0.3 is 5.32 Å². The normalized spacial score (nSPS) is 11.5. The summed E-state index contributed by atoms with van der Waals surface area (Å²) in [5.74, 6) is -0.0309. The molecular formula is C21H22N2O. The van der Waals surface area contributed by atoms with Crippen LogP contribution in [0.2, 0.25) is 0 Å². The standard InChI is InChI=1S/C21H22N2O/c1-21(2,3)17-9-11-18(12-10-17)23-19(24)14-16-7-4-6-15-8-5-13-22-20(15)16/h4-13H,14H2,1-3H3,(H,23,24). The highest BCUT2D eigenvalue weighted by atomic mass is 16.1. The van der Waals surface area contributed by atoms with Gasteiger partial charge in [0, 0.05) is 17.3 Å². The number of para-hydroxylation sites is 1. The molecule has 2 aromatic carbocycles. The summed E-state index contributed by atoms with van der Waals surface area (Å²) in [6.45, 7) is 6.52. The van der Waals surface area contributed by atoms with Crippen LogP contribution in [-0.2, 0) is 16.6 Å². The molecule has 0 saturated carbocycles. The number of hydrogen-bond donors (Lipinski definition) is 1. The summed E-state index contributed by atoms with van der Waals surface area (Å²) in [6.07, 6.45) is 2.07. The van der Waals surface area contributed by atoms with E-state index in [2.05, 4.69) is 43.2 Å². The molecule has 1 amide bonds. The number of nitrogens with zero attached hydrogens (tertiary/aromatic N) is 1. The molecule has 0 fully saturated rings. The lowest BCUT2D eigenvalue weighted by molar-refractivity contribution is -0.115. The molecule has 1 heterocycles. The van der Waals surface area contributed by atoms with Crippen LogP contribution in [0.1, 0.15) is 31.9 Å². The molecule has 0 spiro atoms. The highest BCUT2D eigenvalue weighted by Crippen LogP contribution is 2.23. The molecular weight excluding hydrogens is 296 g/mol. The van der Waals surface area contributed by atoms with Gasteiger partial charge in [-0.3, -0.25) is 9.78 Å². The van der Waals surface area contributed by atoms with Crippen molar-refractivity contribution in [1.82, 2.24) is 4.98 Å². The zero-order valence-electron chi connectivity index (χ0n) is 14.3. The first kappa shape index (κ1) is 16.2. The largest absolute Gasteiger partial charge is 0.326 e. The van der Waals surface area contributed by atoms with E-state index in [0.717, 1.165) is 22.2 Å². The smallest absolute Gasteiger partial charge is 0.228 e. The topological polar surface area (TPSA) is 42.0 Å². The molecule has 3 aromatic rings.